The molecule has 0 bridgehead atoms. The van der Waals surface area contributed by atoms with Crippen LogP contribution >= 0.6 is 0 Å². The van der Waals surface area contributed by atoms with Gasteiger partial charge in [-0.2, -0.15) is 0 Å². The first kappa shape index (κ1) is 16.2. The molecule has 1 aromatic carbocycles. The molecule has 120 valence electrons. The lowest BCUT2D eigenvalue weighted by Gasteiger charge is -2.31. The van der Waals surface area contributed by atoms with Gasteiger partial charge in [-0.25, -0.2) is 8.78 Å². The number of nitrogens with zero attached hydrogens (tertiary/aromatic N) is 1. The molecule has 2 N–H and O–H groups in total. The summed E-state index contributed by atoms with van der Waals surface area (Å²) >= 11 is 0. The second-order valence-electron chi connectivity index (χ2n) is 5.37. The van der Waals surface area contributed by atoms with Crippen LogP contribution in [0.15, 0.2) is 12.1 Å². The number of aromatic hydroxyl groups is 1. The zero-order valence-corrected chi connectivity index (χ0v) is 12.2. The number of halogens is 2. The van der Waals surface area contributed by atoms with E-state index in [1.807, 2.05) is 0 Å². The minimum absolute atomic E-state index is 0.0423. The first-order chi connectivity index (χ1) is 10.4. The van der Waals surface area contributed by atoms with Gasteiger partial charge < -0.3 is 15.3 Å². The normalized spacial score (nSPS) is 15.7. The van der Waals surface area contributed by atoms with Gasteiger partial charge in [0.1, 0.15) is 0 Å². The minimum atomic E-state index is -1.24. The van der Waals surface area contributed by atoms with Crippen LogP contribution in [0.3, 0.4) is 0 Å². The number of carbonyl (C=O) groups is 2. The highest BCUT2D eigenvalue weighted by atomic mass is 19.1. The van der Waals surface area contributed by atoms with Crippen molar-refractivity contribution in [1.29, 1.82) is 0 Å². The summed E-state index contributed by atoms with van der Waals surface area (Å²) in [7, 11) is 1.57. The zero-order valence-electron chi connectivity index (χ0n) is 12.2. The lowest BCUT2D eigenvalue weighted by atomic mass is 9.93. The molecule has 2 amide bonds. The zero-order chi connectivity index (χ0) is 16.3. The van der Waals surface area contributed by atoms with Crippen LogP contribution in [0.4, 0.5) is 8.78 Å². The Morgan fingerprint density at radius 2 is 1.95 bits per heavy atom. The molecule has 1 fully saturated rings. The first-order valence-electron chi connectivity index (χ1n) is 7.10. The molecule has 0 aromatic heterocycles. The highest BCUT2D eigenvalue weighted by Gasteiger charge is 2.27. The van der Waals surface area contributed by atoms with Crippen molar-refractivity contribution >= 4 is 11.8 Å². The van der Waals surface area contributed by atoms with Gasteiger partial charge in [0, 0.05) is 26.6 Å². The van der Waals surface area contributed by atoms with E-state index in [4.69, 9.17) is 0 Å². The molecule has 0 spiro atoms. The quantitative estimate of drug-likeness (QED) is 0.892. The fourth-order valence-corrected chi connectivity index (χ4v) is 2.58. The molecule has 5 nitrogen and oxygen atoms in total. The summed E-state index contributed by atoms with van der Waals surface area (Å²) in [4.78, 5) is 25.0. The number of amides is 2. The maximum absolute atomic E-state index is 13.8. The average molecular weight is 312 g/mol. The largest absolute Gasteiger partial charge is 0.503 e. The van der Waals surface area contributed by atoms with Gasteiger partial charge in [0.05, 0.1) is 5.56 Å². The highest BCUT2D eigenvalue weighted by molar-refractivity contribution is 5.95. The predicted molar refractivity (Wildman–Crippen MR) is 75.3 cm³/mol. The van der Waals surface area contributed by atoms with Crippen molar-refractivity contribution in [2.24, 2.45) is 5.92 Å². The summed E-state index contributed by atoms with van der Waals surface area (Å²) in [5.41, 5.74) is -0.344. The molecule has 0 saturated carbocycles. The van der Waals surface area contributed by atoms with Crippen LogP contribution in [0.1, 0.15) is 29.6 Å². The van der Waals surface area contributed by atoms with Gasteiger partial charge in [0.2, 0.25) is 5.91 Å². The van der Waals surface area contributed by atoms with E-state index in [2.05, 4.69) is 5.32 Å². The summed E-state index contributed by atoms with van der Waals surface area (Å²) < 4.78 is 26.8. The standard InChI is InChI=1S/C15H18F2N2O3/c1-18-12(20)8-9-4-6-19(7-5-9)15(22)10-2-3-11(16)14(21)13(10)17/h2-3,9,21H,4-8H2,1H3,(H,18,20). The molecule has 2 rings (SSSR count). The van der Waals surface area contributed by atoms with Crippen LogP contribution < -0.4 is 5.32 Å². The van der Waals surface area contributed by atoms with Crippen molar-refractivity contribution in [3.05, 3.63) is 29.3 Å². The van der Waals surface area contributed by atoms with Crippen molar-refractivity contribution in [3.63, 3.8) is 0 Å². The number of rotatable bonds is 3. The van der Waals surface area contributed by atoms with Crippen molar-refractivity contribution in [1.82, 2.24) is 10.2 Å². The van der Waals surface area contributed by atoms with Crippen molar-refractivity contribution in [2.75, 3.05) is 20.1 Å². The van der Waals surface area contributed by atoms with E-state index in [9.17, 15) is 23.5 Å². The number of phenols is 1. The monoisotopic (exact) mass is 312 g/mol. The van der Waals surface area contributed by atoms with Gasteiger partial charge in [-0.05, 0) is 30.9 Å². The number of hydrogen-bond acceptors (Lipinski definition) is 3. The molecule has 1 aromatic rings. The molecule has 0 radical (unpaired) electrons. The Morgan fingerprint density at radius 1 is 1.32 bits per heavy atom. The average Bonchev–Trinajstić information content (AvgIpc) is 2.53. The second kappa shape index (κ2) is 6.72. The molecule has 0 aliphatic carbocycles. The molecule has 7 heteroatoms. The van der Waals surface area contributed by atoms with Gasteiger partial charge in [-0.3, -0.25) is 9.59 Å². The summed E-state index contributed by atoms with van der Waals surface area (Å²) in [6.45, 7) is 0.802. The topological polar surface area (TPSA) is 69.6 Å². The number of likely N-dealkylation sites (tertiary alicyclic amines) is 1. The molecule has 1 aliphatic rings. The minimum Gasteiger partial charge on any atom is -0.503 e. The second-order valence-corrected chi connectivity index (χ2v) is 5.37. The first-order valence-corrected chi connectivity index (χ1v) is 7.10. The fraction of sp³-hybridized carbons (Fsp3) is 0.467. The van der Waals surface area contributed by atoms with Crippen molar-refractivity contribution in [3.8, 4) is 5.75 Å². The molecule has 1 heterocycles. The molecule has 0 unspecified atom stereocenters. The third kappa shape index (κ3) is 3.35. The number of piperidine rings is 1. The summed E-state index contributed by atoms with van der Waals surface area (Å²) in [6.07, 6.45) is 1.70. The van der Waals surface area contributed by atoms with Gasteiger partial charge in [-0.1, -0.05) is 0 Å². The lowest BCUT2D eigenvalue weighted by molar-refractivity contribution is -0.121. The molecule has 22 heavy (non-hydrogen) atoms. The maximum Gasteiger partial charge on any atom is 0.256 e. The number of hydrogen-bond donors (Lipinski definition) is 2. The van der Waals surface area contributed by atoms with Crippen LogP contribution in [-0.4, -0.2) is 42.0 Å². The lowest BCUT2D eigenvalue weighted by Crippen LogP contribution is -2.39. The summed E-state index contributed by atoms with van der Waals surface area (Å²) in [5.74, 6) is -3.91. The predicted octanol–water partition coefficient (Wildman–Crippen LogP) is 1.66. The van der Waals surface area contributed by atoms with Crippen LogP contribution in [0, 0.1) is 17.6 Å². The Balaban J connectivity index is 2.01. The fourth-order valence-electron chi connectivity index (χ4n) is 2.58. The number of benzene rings is 1. The third-order valence-electron chi connectivity index (χ3n) is 3.95. The van der Waals surface area contributed by atoms with Gasteiger partial charge in [-0.15, -0.1) is 0 Å². The van der Waals surface area contributed by atoms with Crippen LogP contribution in [0.2, 0.25) is 0 Å². The number of phenolic OH excluding ortho intramolecular Hbond substituents is 1. The highest BCUT2D eigenvalue weighted by Crippen LogP contribution is 2.26. The Morgan fingerprint density at radius 3 is 2.55 bits per heavy atom. The Labute approximate surface area is 126 Å². The maximum atomic E-state index is 13.8. The Kier molecular flexibility index (Phi) is 4.95. The Hall–Kier alpha value is -2.18. The molecule has 1 saturated heterocycles. The molecule has 1 aliphatic heterocycles. The molecular formula is C15H18F2N2O3. The van der Waals surface area contributed by atoms with E-state index in [0.717, 1.165) is 12.1 Å². The smallest absolute Gasteiger partial charge is 0.256 e. The SMILES string of the molecule is CNC(=O)CC1CCN(C(=O)c2ccc(F)c(O)c2F)CC1. The molecule has 0 atom stereocenters. The van der Waals surface area contributed by atoms with Crippen LogP contribution in [0.25, 0.3) is 0 Å². The third-order valence-corrected chi connectivity index (χ3v) is 3.95. The van der Waals surface area contributed by atoms with Crippen LogP contribution in [0.5, 0.6) is 5.75 Å². The van der Waals surface area contributed by atoms with E-state index < -0.39 is 23.3 Å². The van der Waals surface area contributed by atoms with E-state index in [0.29, 0.717) is 32.4 Å². The molecular weight excluding hydrogens is 294 g/mol. The van der Waals surface area contributed by atoms with E-state index >= 15 is 0 Å². The van der Waals surface area contributed by atoms with Gasteiger partial charge >= 0.3 is 0 Å². The van der Waals surface area contributed by atoms with Gasteiger partial charge in [0.15, 0.2) is 17.4 Å². The van der Waals surface area contributed by atoms with E-state index in [1.165, 1.54) is 4.90 Å². The summed E-state index contributed by atoms with van der Waals surface area (Å²) in [5, 5.41) is 11.8. The number of carbonyl (C=O) groups excluding carboxylic acids is 2. The van der Waals surface area contributed by atoms with E-state index in [-0.39, 0.29) is 17.4 Å². The van der Waals surface area contributed by atoms with Gasteiger partial charge in [0.25, 0.3) is 5.91 Å². The number of nitrogens with one attached hydrogen (secondary N) is 1. The van der Waals surface area contributed by atoms with Crippen molar-refractivity contribution < 1.29 is 23.5 Å². The Bertz CT molecular complexity index is 584. The van der Waals surface area contributed by atoms with Crippen LogP contribution in [-0.2, 0) is 4.79 Å². The van der Waals surface area contributed by atoms with E-state index in [1.54, 1.807) is 7.05 Å². The summed E-state index contributed by atoms with van der Waals surface area (Å²) in [6, 6.07) is 1.90. The van der Waals surface area contributed by atoms with Crippen molar-refractivity contribution in [2.45, 2.75) is 19.3 Å².